The highest BCUT2D eigenvalue weighted by Gasteiger charge is 2.30. The summed E-state index contributed by atoms with van der Waals surface area (Å²) in [6, 6.07) is 10.8. The molecule has 2 nitrogen and oxygen atoms in total. The second kappa shape index (κ2) is 4.77. The molecule has 1 saturated heterocycles. The molecule has 1 aliphatic rings. The van der Waals surface area contributed by atoms with Gasteiger partial charge in [-0.1, -0.05) is 44.2 Å². The fourth-order valence-electron chi connectivity index (χ4n) is 2.44. The SMILES string of the molecule is CCN1CCN(CC)C1c1ccccc1. The first-order chi connectivity index (χ1) is 7.36. The first-order valence-corrected chi connectivity index (χ1v) is 5.89. The molecule has 0 unspecified atom stereocenters. The summed E-state index contributed by atoms with van der Waals surface area (Å²) in [7, 11) is 0. The van der Waals surface area contributed by atoms with Crippen molar-refractivity contribution in [2.75, 3.05) is 26.2 Å². The Kier molecular flexibility index (Phi) is 3.39. The van der Waals surface area contributed by atoms with Crippen LogP contribution in [0.25, 0.3) is 0 Å². The van der Waals surface area contributed by atoms with Crippen molar-refractivity contribution in [1.82, 2.24) is 9.80 Å². The molecule has 0 aliphatic carbocycles. The predicted octanol–water partition coefficient (Wildman–Crippen LogP) is 2.34. The summed E-state index contributed by atoms with van der Waals surface area (Å²) in [6.45, 7) is 9.16. The van der Waals surface area contributed by atoms with Crippen LogP contribution in [0.1, 0.15) is 25.6 Å². The molecule has 0 radical (unpaired) electrons. The maximum Gasteiger partial charge on any atom is 0.0886 e. The lowest BCUT2D eigenvalue weighted by molar-refractivity contribution is 0.148. The highest BCUT2D eigenvalue weighted by molar-refractivity contribution is 5.19. The van der Waals surface area contributed by atoms with Crippen molar-refractivity contribution in [2.24, 2.45) is 0 Å². The van der Waals surface area contributed by atoms with E-state index in [4.69, 9.17) is 0 Å². The predicted molar refractivity (Wildman–Crippen MR) is 63.7 cm³/mol. The zero-order valence-corrected chi connectivity index (χ0v) is 9.69. The highest BCUT2D eigenvalue weighted by atomic mass is 15.4. The number of hydrogen-bond acceptors (Lipinski definition) is 2. The minimum Gasteiger partial charge on any atom is -0.283 e. The van der Waals surface area contributed by atoms with E-state index in [2.05, 4.69) is 54.0 Å². The molecule has 2 heteroatoms. The second-order valence-corrected chi connectivity index (χ2v) is 4.04. The molecular weight excluding hydrogens is 184 g/mol. The summed E-state index contributed by atoms with van der Waals surface area (Å²) in [5.74, 6) is 0. The maximum atomic E-state index is 2.54. The molecule has 82 valence electrons. The Bertz CT molecular complexity index is 285. The number of likely N-dealkylation sites (N-methyl/N-ethyl adjacent to an activating group) is 2. The van der Waals surface area contributed by atoms with Gasteiger partial charge < -0.3 is 0 Å². The molecule has 1 aromatic carbocycles. The summed E-state index contributed by atoms with van der Waals surface area (Å²) < 4.78 is 0. The van der Waals surface area contributed by atoms with Gasteiger partial charge in [0, 0.05) is 13.1 Å². The number of benzene rings is 1. The Labute approximate surface area is 92.5 Å². The van der Waals surface area contributed by atoms with Gasteiger partial charge in [-0.05, 0) is 18.7 Å². The van der Waals surface area contributed by atoms with Gasteiger partial charge in [-0.2, -0.15) is 0 Å². The number of nitrogens with zero attached hydrogens (tertiary/aromatic N) is 2. The van der Waals surface area contributed by atoms with Gasteiger partial charge in [-0.15, -0.1) is 0 Å². The normalized spacial score (nSPS) is 19.9. The van der Waals surface area contributed by atoms with Crippen LogP contribution in [0.3, 0.4) is 0 Å². The second-order valence-electron chi connectivity index (χ2n) is 4.04. The Balaban J connectivity index is 2.23. The van der Waals surface area contributed by atoms with E-state index < -0.39 is 0 Å². The van der Waals surface area contributed by atoms with Crippen LogP contribution in [0.2, 0.25) is 0 Å². The third-order valence-electron chi connectivity index (χ3n) is 3.28. The van der Waals surface area contributed by atoms with E-state index in [-0.39, 0.29) is 0 Å². The minimum atomic E-state index is 0.501. The third-order valence-corrected chi connectivity index (χ3v) is 3.28. The van der Waals surface area contributed by atoms with Crippen LogP contribution in [0.15, 0.2) is 30.3 Å². The van der Waals surface area contributed by atoms with E-state index in [1.165, 1.54) is 18.7 Å². The van der Waals surface area contributed by atoms with E-state index in [9.17, 15) is 0 Å². The van der Waals surface area contributed by atoms with Gasteiger partial charge in [0.2, 0.25) is 0 Å². The highest BCUT2D eigenvalue weighted by Crippen LogP contribution is 2.28. The third kappa shape index (κ3) is 2.06. The number of rotatable bonds is 3. The van der Waals surface area contributed by atoms with Crippen LogP contribution in [-0.4, -0.2) is 36.0 Å². The van der Waals surface area contributed by atoms with Crippen LogP contribution in [0, 0.1) is 0 Å². The molecule has 0 spiro atoms. The molecule has 0 atom stereocenters. The van der Waals surface area contributed by atoms with Crippen molar-refractivity contribution in [3.8, 4) is 0 Å². The van der Waals surface area contributed by atoms with E-state index in [0.29, 0.717) is 6.17 Å². The van der Waals surface area contributed by atoms with Crippen molar-refractivity contribution in [2.45, 2.75) is 20.0 Å². The smallest absolute Gasteiger partial charge is 0.0886 e. The summed E-state index contributed by atoms with van der Waals surface area (Å²) in [6.07, 6.45) is 0.501. The van der Waals surface area contributed by atoms with E-state index in [1.54, 1.807) is 0 Å². The zero-order chi connectivity index (χ0) is 10.7. The van der Waals surface area contributed by atoms with Crippen molar-refractivity contribution in [1.29, 1.82) is 0 Å². The van der Waals surface area contributed by atoms with E-state index >= 15 is 0 Å². The molecule has 1 fully saturated rings. The molecule has 2 rings (SSSR count). The molecule has 0 aromatic heterocycles. The lowest BCUT2D eigenvalue weighted by atomic mass is 10.1. The van der Waals surface area contributed by atoms with Crippen LogP contribution in [-0.2, 0) is 0 Å². The van der Waals surface area contributed by atoms with Crippen molar-refractivity contribution < 1.29 is 0 Å². The lowest BCUT2D eigenvalue weighted by Gasteiger charge is -2.29. The molecule has 1 heterocycles. The quantitative estimate of drug-likeness (QED) is 0.745. The van der Waals surface area contributed by atoms with Gasteiger partial charge >= 0.3 is 0 Å². The van der Waals surface area contributed by atoms with Crippen molar-refractivity contribution >= 4 is 0 Å². The molecule has 0 N–H and O–H groups in total. The molecule has 0 saturated carbocycles. The van der Waals surface area contributed by atoms with E-state index in [0.717, 1.165) is 13.1 Å². The molecule has 0 bridgehead atoms. The average Bonchev–Trinajstić information content (AvgIpc) is 2.72. The van der Waals surface area contributed by atoms with Gasteiger partial charge in [0.15, 0.2) is 0 Å². The van der Waals surface area contributed by atoms with Crippen molar-refractivity contribution in [3.63, 3.8) is 0 Å². The molecule has 1 aliphatic heterocycles. The van der Waals surface area contributed by atoms with Gasteiger partial charge in [0.05, 0.1) is 6.17 Å². The Morgan fingerprint density at radius 1 is 1.00 bits per heavy atom. The first kappa shape index (κ1) is 10.7. The fourth-order valence-corrected chi connectivity index (χ4v) is 2.44. The summed E-state index contributed by atoms with van der Waals surface area (Å²) in [5, 5.41) is 0. The van der Waals surface area contributed by atoms with Crippen molar-refractivity contribution in [3.05, 3.63) is 35.9 Å². The van der Waals surface area contributed by atoms with Crippen LogP contribution >= 0.6 is 0 Å². The summed E-state index contributed by atoms with van der Waals surface area (Å²) in [5.41, 5.74) is 1.43. The van der Waals surface area contributed by atoms with Gasteiger partial charge in [0.1, 0.15) is 0 Å². The topological polar surface area (TPSA) is 6.48 Å². The summed E-state index contributed by atoms with van der Waals surface area (Å²) in [4.78, 5) is 5.08. The standard InChI is InChI=1S/C13H20N2/c1-3-14-10-11-15(4-2)13(14)12-8-6-5-7-9-12/h5-9,13H,3-4,10-11H2,1-2H3. The monoisotopic (exact) mass is 204 g/mol. The molecule has 15 heavy (non-hydrogen) atoms. The fraction of sp³-hybridized carbons (Fsp3) is 0.538. The largest absolute Gasteiger partial charge is 0.283 e. The number of hydrogen-bond donors (Lipinski definition) is 0. The van der Waals surface area contributed by atoms with Gasteiger partial charge in [0.25, 0.3) is 0 Å². The lowest BCUT2D eigenvalue weighted by Crippen LogP contribution is -2.30. The zero-order valence-electron chi connectivity index (χ0n) is 9.69. The average molecular weight is 204 g/mol. The molecular formula is C13H20N2. The van der Waals surface area contributed by atoms with Crippen LogP contribution in [0.4, 0.5) is 0 Å². The Morgan fingerprint density at radius 2 is 1.53 bits per heavy atom. The van der Waals surface area contributed by atoms with Crippen LogP contribution in [0.5, 0.6) is 0 Å². The molecule has 1 aromatic rings. The van der Waals surface area contributed by atoms with Gasteiger partial charge in [-0.25, -0.2) is 0 Å². The first-order valence-electron chi connectivity index (χ1n) is 5.89. The Morgan fingerprint density at radius 3 is 2.00 bits per heavy atom. The molecule has 0 amide bonds. The van der Waals surface area contributed by atoms with E-state index in [1.807, 2.05) is 0 Å². The maximum absolute atomic E-state index is 2.54. The summed E-state index contributed by atoms with van der Waals surface area (Å²) >= 11 is 0. The van der Waals surface area contributed by atoms with Gasteiger partial charge in [-0.3, -0.25) is 9.80 Å². The Hall–Kier alpha value is -0.860. The van der Waals surface area contributed by atoms with Crippen LogP contribution < -0.4 is 0 Å². The minimum absolute atomic E-state index is 0.501.